The molecule has 2 unspecified atom stereocenters. The van der Waals surface area contributed by atoms with Crippen molar-refractivity contribution < 1.29 is 19.1 Å². The predicted molar refractivity (Wildman–Crippen MR) is 60.3 cm³/mol. The van der Waals surface area contributed by atoms with E-state index in [0.29, 0.717) is 19.3 Å². The summed E-state index contributed by atoms with van der Waals surface area (Å²) in [6.45, 7) is 2.15. The van der Waals surface area contributed by atoms with E-state index in [0.717, 1.165) is 5.56 Å². The summed E-state index contributed by atoms with van der Waals surface area (Å²) < 4.78 is 11.2. The monoisotopic (exact) mass is 234 g/mol. The third kappa shape index (κ3) is 2.43. The number of hydrogen-bond acceptors (Lipinski definition) is 4. The minimum absolute atomic E-state index is 0.307. The zero-order chi connectivity index (χ0) is 12.3. The largest absolute Gasteiger partial charge is 0.346 e. The van der Waals surface area contributed by atoms with Crippen molar-refractivity contribution in [2.24, 2.45) is 0 Å². The van der Waals surface area contributed by atoms with Gasteiger partial charge in [-0.2, -0.15) is 0 Å². The van der Waals surface area contributed by atoms with E-state index in [1.54, 1.807) is 6.92 Å². The summed E-state index contributed by atoms with van der Waals surface area (Å²) in [5.41, 5.74) is 0.836. The van der Waals surface area contributed by atoms with Crippen LogP contribution in [0.25, 0.3) is 0 Å². The van der Waals surface area contributed by atoms with Gasteiger partial charge in [0.05, 0.1) is 6.61 Å². The molecule has 0 spiro atoms. The number of aldehydes is 1. The second-order valence-corrected chi connectivity index (χ2v) is 4.08. The fraction of sp³-hybridized carbons (Fsp3) is 0.385. The van der Waals surface area contributed by atoms with Crippen molar-refractivity contribution in [2.45, 2.75) is 25.2 Å². The fourth-order valence-electron chi connectivity index (χ4n) is 1.89. The number of carbonyl (C=O) groups is 2. The molecule has 4 nitrogen and oxygen atoms in total. The van der Waals surface area contributed by atoms with Gasteiger partial charge in [0.15, 0.2) is 12.1 Å². The van der Waals surface area contributed by atoms with Crippen LogP contribution in [0.15, 0.2) is 30.3 Å². The molecule has 0 N–H and O–H groups in total. The average Bonchev–Trinajstić information content (AvgIpc) is 2.39. The molecule has 1 aliphatic rings. The molecule has 0 saturated carbocycles. The normalized spacial score (nSPS) is 28.6. The molecule has 1 saturated heterocycles. The topological polar surface area (TPSA) is 52.6 Å². The maximum absolute atomic E-state index is 11.3. The first-order valence-corrected chi connectivity index (χ1v) is 5.52. The van der Waals surface area contributed by atoms with Crippen LogP contribution in [-0.4, -0.2) is 24.8 Å². The maximum atomic E-state index is 11.3. The van der Waals surface area contributed by atoms with Crippen molar-refractivity contribution in [1.29, 1.82) is 0 Å². The number of carbonyl (C=O) groups excluding carboxylic acids is 2. The molecule has 17 heavy (non-hydrogen) atoms. The average molecular weight is 234 g/mol. The predicted octanol–water partition coefficient (Wildman–Crippen LogP) is 1.43. The van der Waals surface area contributed by atoms with E-state index >= 15 is 0 Å². The Morgan fingerprint density at radius 1 is 1.41 bits per heavy atom. The molecule has 0 amide bonds. The molecule has 1 aromatic rings. The lowest BCUT2D eigenvalue weighted by molar-refractivity contribution is -0.285. The molecule has 0 radical (unpaired) electrons. The molecular weight excluding hydrogens is 220 g/mol. The van der Waals surface area contributed by atoms with Crippen LogP contribution >= 0.6 is 0 Å². The molecule has 1 aliphatic heterocycles. The lowest BCUT2D eigenvalue weighted by atomic mass is 10.0. The van der Waals surface area contributed by atoms with E-state index in [-0.39, 0.29) is 0 Å². The highest BCUT2D eigenvalue weighted by Crippen LogP contribution is 2.32. The lowest BCUT2D eigenvalue weighted by Crippen LogP contribution is -2.43. The number of benzene rings is 1. The Kier molecular flexibility index (Phi) is 3.36. The SMILES string of the molecule is CC1(c2ccccc2)OCCC(C(=O)C=O)O1. The van der Waals surface area contributed by atoms with Crippen molar-refractivity contribution >= 4 is 12.1 Å². The van der Waals surface area contributed by atoms with Crippen molar-refractivity contribution in [3.63, 3.8) is 0 Å². The fourth-order valence-corrected chi connectivity index (χ4v) is 1.89. The first kappa shape index (κ1) is 12.0. The molecule has 90 valence electrons. The Bertz CT molecular complexity index is 415. The van der Waals surface area contributed by atoms with Gasteiger partial charge in [0.1, 0.15) is 6.10 Å². The van der Waals surface area contributed by atoms with Crippen LogP contribution in [0.5, 0.6) is 0 Å². The summed E-state index contributed by atoms with van der Waals surface area (Å²) in [6, 6.07) is 9.38. The van der Waals surface area contributed by atoms with Gasteiger partial charge in [-0.05, 0) is 6.92 Å². The summed E-state index contributed by atoms with van der Waals surface area (Å²) in [7, 11) is 0. The third-order valence-corrected chi connectivity index (χ3v) is 2.86. The van der Waals surface area contributed by atoms with Crippen LogP contribution in [0.3, 0.4) is 0 Å². The molecule has 0 aromatic heterocycles. The highest BCUT2D eigenvalue weighted by molar-refractivity contribution is 6.27. The molecule has 2 rings (SSSR count). The van der Waals surface area contributed by atoms with E-state index in [1.807, 2.05) is 30.3 Å². The van der Waals surface area contributed by atoms with Crippen molar-refractivity contribution in [3.05, 3.63) is 35.9 Å². The van der Waals surface area contributed by atoms with E-state index in [1.165, 1.54) is 0 Å². The standard InChI is InChI=1S/C13H14O4/c1-13(10-5-3-2-4-6-10)16-8-7-12(17-13)11(15)9-14/h2-6,9,12H,7-8H2,1H3. The summed E-state index contributed by atoms with van der Waals surface area (Å²) in [4.78, 5) is 21.8. The first-order chi connectivity index (χ1) is 8.15. The first-order valence-electron chi connectivity index (χ1n) is 5.52. The van der Waals surface area contributed by atoms with Gasteiger partial charge in [-0.15, -0.1) is 0 Å². The van der Waals surface area contributed by atoms with Crippen LogP contribution in [0.1, 0.15) is 18.9 Å². The van der Waals surface area contributed by atoms with Gasteiger partial charge >= 0.3 is 0 Å². The minimum Gasteiger partial charge on any atom is -0.346 e. The zero-order valence-corrected chi connectivity index (χ0v) is 9.59. The van der Waals surface area contributed by atoms with Crippen LogP contribution in [0, 0.1) is 0 Å². The highest BCUT2D eigenvalue weighted by atomic mass is 16.7. The summed E-state index contributed by atoms with van der Waals surface area (Å²) in [5, 5.41) is 0. The number of ketones is 1. The van der Waals surface area contributed by atoms with Crippen LogP contribution in [-0.2, 0) is 24.8 Å². The molecule has 0 bridgehead atoms. The van der Waals surface area contributed by atoms with E-state index in [9.17, 15) is 9.59 Å². The number of hydrogen-bond donors (Lipinski definition) is 0. The molecule has 2 atom stereocenters. The van der Waals surface area contributed by atoms with Gasteiger partial charge in [-0.25, -0.2) is 0 Å². The molecule has 1 heterocycles. The van der Waals surface area contributed by atoms with Gasteiger partial charge in [0, 0.05) is 12.0 Å². The number of ether oxygens (including phenoxy) is 2. The smallest absolute Gasteiger partial charge is 0.224 e. The third-order valence-electron chi connectivity index (χ3n) is 2.86. The summed E-state index contributed by atoms with van der Waals surface area (Å²) >= 11 is 0. The Balaban J connectivity index is 2.21. The van der Waals surface area contributed by atoms with E-state index < -0.39 is 17.7 Å². The minimum atomic E-state index is -0.956. The van der Waals surface area contributed by atoms with Crippen molar-refractivity contribution in [2.75, 3.05) is 6.61 Å². The number of Topliss-reactive ketones (excluding diaryl/α,β-unsaturated/α-hetero) is 1. The Morgan fingerprint density at radius 2 is 2.12 bits per heavy atom. The number of rotatable bonds is 3. The Morgan fingerprint density at radius 3 is 2.76 bits per heavy atom. The van der Waals surface area contributed by atoms with Gasteiger partial charge in [0.2, 0.25) is 5.78 Å². The van der Waals surface area contributed by atoms with Crippen LogP contribution in [0.4, 0.5) is 0 Å². The van der Waals surface area contributed by atoms with Gasteiger partial charge < -0.3 is 9.47 Å². The summed E-state index contributed by atoms with van der Waals surface area (Å²) in [6.07, 6.45) is 0.0213. The van der Waals surface area contributed by atoms with Crippen LogP contribution in [0.2, 0.25) is 0 Å². The van der Waals surface area contributed by atoms with Crippen LogP contribution < -0.4 is 0 Å². The molecule has 4 heteroatoms. The Hall–Kier alpha value is -1.52. The zero-order valence-electron chi connectivity index (χ0n) is 9.59. The van der Waals surface area contributed by atoms with Gasteiger partial charge in [0.25, 0.3) is 0 Å². The second kappa shape index (κ2) is 4.77. The van der Waals surface area contributed by atoms with Crippen molar-refractivity contribution in [3.8, 4) is 0 Å². The van der Waals surface area contributed by atoms with E-state index in [4.69, 9.17) is 9.47 Å². The van der Waals surface area contributed by atoms with Gasteiger partial charge in [-0.3, -0.25) is 9.59 Å². The van der Waals surface area contributed by atoms with Gasteiger partial charge in [-0.1, -0.05) is 30.3 Å². The highest BCUT2D eigenvalue weighted by Gasteiger charge is 2.38. The molecule has 0 aliphatic carbocycles. The second-order valence-electron chi connectivity index (χ2n) is 4.08. The summed E-state index contributed by atoms with van der Waals surface area (Å²) in [5.74, 6) is -1.49. The Labute approximate surface area is 99.5 Å². The van der Waals surface area contributed by atoms with Crippen molar-refractivity contribution in [1.82, 2.24) is 0 Å². The van der Waals surface area contributed by atoms with E-state index in [2.05, 4.69) is 0 Å². The molecular formula is C13H14O4. The lowest BCUT2D eigenvalue weighted by Gasteiger charge is -2.37. The molecule has 1 aromatic carbocycles. The maximum Gasteiger partial charge on any atom is 0.224 e. The quantitative estimate of drug-likeness (QED) is 0.586. The molecule has 1 fully saturated rings.